The van der Waals surface area contributed by atoms with Crippen LogP contribution < -0.4 is 10.6 Å². The molecule has 0 spiro atoms. The van der Waals surface area contributed by atoms with E-state index in [2.05, 4.69) is 48.5 Å². The molecular formula is C20H32IN3O2S. The molecule has 0 heterocycles. The Balaban J connectivity index is 0.00000364. The first kappa shape index (κ1) is 23.9. The van der Waals surface area contributed by atoms with Gasteiger partial charge in [-0.25, -0.2) is 8.42 Å². The predicted molar refractivity (Wildman–Crippen MR) is 124 cm³/mol. The molecule has 152 valence electrons. The lowest BCUT2D eigenvalue weighted by Crippen LogP contribution is -2.42. The van der Waals surface area contributed by atoms with Crippen molar-refractivity contribution in [3.05, 3.63) is 42.0 Å². The molecule has 0 amide bonds. The van der Waals surface area contributed by atoms with Crippen LogP contribution in [-0.4, -0.2) is 39.3 Å². The number of hydrogen-bond donors (Lipinski definition) is 2. The molecule has 0 fully saturated rings. The van der Waals surface area contributed by atoms with Gasteiger partial charge >= 0.3 is 0 Å². The van der Waals surface area contributed by atoms with Gasteiger partial charge in [-0.1, -0.05) is 45.1 Å². The second-order valence-electron chi connectivity index (χ2n) is 7.64. The Kier molecular flexibility index (Phi) is 9.27. The minimum atomic E-state index is -3.34. The van der Waals surface area contributed by atoms with Gasteiger partial charge in [-0.3, -0.25) is 4.99 Å². The smallest absolute Gasteiger partial charge is 0.191 e. The summed E-state index contributed by atoms with van der Waals surface area (Å²) in [5.41, 5.74) is 1.13. The SMILES string of the molecule is CCNC(=NCCS(=O)(=O)c1ccc(C(C)(C)C)cc1)NC1CC=CC1.I. The van der Waals surface area contributed by atoms with E-state index in [0.717, 1.165) is 24.9 Å². The van der Waals surface area contributed by atoms with E-state index in [9.17, 15) is 8.42 Å². The molecule has 0 saturated carbocycles. The zero-order valence-corrected chi connectivity index (χ0v) is 19.8. The summed E-state index contributed by atoms with van der Waals surface area (Å²) in [6.07, 6.45) is 6.24. The highest BCUT2D eigenvalue weighted by Crippen LogP contribution is 2.23. The Morgan fingerprint density at radius 1 is 1.15 bits per heavy atom. The predicted octanol–water partition coefficient (Wildman–Crippen LogP) is 3.65. The molecule has 0 unspecified atom stereocenters. The van der Waals surface area contributed by atoms with Gasteiger partial charge in [0.05, 0.1) is 17.2 Å². The van der Waals surface area contributed by atoms with Crippen LogP contribution in [0.1, 0.15) is 46.1 Å². The highest BCUT2D eigenvalue weighted by atomic mass is 127. The first-order valence-corrected chi connectivity index (χ1v) is 10.9. The van der Waals surface area contributed by atoms with E-state index < -0.39 is 9.84 Å². The number of hydrogen-bond acceptors (Lipinski definition) is 3. The standard InChI is InChI=1S/C20H31N3O2S.HI/c1-5-21-19(23-17-8-6-7-9-17)22-14-15-26(24,25)18-12-10-16(11-13-18)20(2,3)4;/h6-7,10-13,17H,5,8-9,14-15H2,1-4H3,(H2,21,22,23);1H. The number of rotatable bonds is 6. The second kappa shape index (κ2) is 10.5. The average Bonchev–Trinajstić information content (AvgIpc) is 3.07. The fourth-order valence-corrected chi connectivity index (χ4v) is 3.92. The van der Waals surface area contributed by atoms with Crippen molar-refractivity contribution in [2.75, 3.05) is 18.8 Å². The number of benzene rings is 1. The first-order valence-electron chi connectivity index (χ1n) is 9.25. The Bertz CT molecular complexity index is 742. The fourth-order valence-electron chi connectivity index (χ4n) is 2.81. The normalized spacial score (nSPS) is 15.5. The van der Waals surface area contributed by atoms with E-state index in [-0.39, 0.29) is 41.7 Å². The van der Waals surface area contributed by atoms with Crippen molar-refractivity contribution >= 4 is 39.8 Å². The summed E-state index contributed by atoms with van der Waals surface area (Å²) in [6, 6.07) is 7.54. The summed E-state index contributed by atoms with van der Waals surface area (Å²) in [5, 5.41) is 6.52. The van der Waals surface area contributed by atoms with Crippen molar-refractivity contribution in [1.82, 2.24) is 10.6 Å². The van der Waals surface area contributed by atoms with Crippen LogP contribution in [-0.2, 0) is 15.3 Å². The Morgan fingerprint density at radius 2 is 1.74 bits per heavy atom. The molecule has 7 heteroatoms. The van der Waals surface area contributed by atoms with Crippen LogP contribution >= 0.6 is 24.0 Å². The number of sulfone groups is 1. The maximum atomic E-state index is 12.6. The van der Waals surface area contributed by atoms with Crippen LogP contribution in [0.2, 0.25) is 0 Å². The fraction of sp³-hybridized carbons (Fsp3) is 0.550. The van der Waals surface area contributed by atoms with Crippen LogP contribution in [0, 0.1) is 0 Å². The molecule has 0 saturated heterocycles. The number of halogens is 1. The van der Waals surface area contributed by atoms with Gasteiger partial charge in [0.15, 0.2) is 15.8 Å². The minimum Gasteiger partial charge on any atom is -0.357 e. The zero-order chi connectivity index (χ0) is 19.2. The Hall–Kier alpha value is -1.09. The summed E-state index contributed by atoms with van der Waals surface area (Å²) in [6.45, 7) is 9.31. The van der Waals surface area contributed by atoms with Gasteiger partial charge in [0.25, 0.3) is 0 Å². The van der Waals surface area contributed by atoms with Gasteiger partial charge in [-0.15, -0.1) is 24.0 Å². The van der Waals surface area contributed by atoms with Gasteiger partial charge in [-0.2, -0.15) is 0 Å². The van der Waals surface area contributed by atoms with Gasteiger partial charge in [0.1, 0.15) is 0 Å². The van der Waals surface area contributed by atoms with Crippen molar-refractivity contribution < 1.29 is 8.42 Å². The summed E-state index contributed by atoms with van der Waals surface area (Å²) >= 11 is 0. The maximum Gasteiger partial charge on any atom is 0.191 e. The third-order valence-electron chi connectivity index (χ3n) is 4.40. The highest BCUT2D eigenvalue weighted by molar-refractivity contribution is 14.0. The van der Waals surface area contributed by atoms with Crippen molar-refractivity contribution in [2.24, 2.45) is 4.99 Å². The monoisotopic (exact) mass is 505 g/mol. The van der Waals surface area contributed by atoms with Crippen molar-refractivity contribution in [2.45, 2.75) is 56.9 Å². The van der Waals surface area contributed by atoms with E-state index in [1.165, 1.54) is 0 Å². The molecule has 1 aliphatic carbocycles. The van der Waals surface area contributed by atoms with Crippen molar-refractivity contribution in [3.63, 3.8) is 0 Å². The average molecular weight is 505 g/mol. The van der Waals surface area contributed by atoms with Crippen LogP contribution in [0.15, 0.2) is 46.3 Å². The summed E-state index contributed by atoms with van der Waals surface area (Å²) < 4.78 is 25.1. The molecule has 0 aliphatic heterocycles. The van der Waals surface area contributed by atoms with Crippen molar-refractivity contribution in [3.8, 4) is 0 Å². The molecule has 0 radical (unpaired) electrons. The third kappa shape index (κ3) is 7.44. The molecule has 0 aromatic heterocycles. The molecule has 1 aromatic rings. The molecule has 27 heavy (non-hydrogen) atoms. The van der Waals surface area contributed by atoms with E-state index in [1.807, 2.05) is 19.1 Å². The van der Waals surface area contributed by atoms with Gasteiger partial charge in [0, 0.05) is 12.6 Å². The largest absolute Gasteiger partial charge is 0.357 e. The number of nitrogens with zero attached hydrogens (tertiary/aromatic N) is 1. The molecule has 1 aromatic carbocycles. The van der Waals surface area contributed by atoms with E-state index in [1.54, 1.807) is 12.1 Å². The van der Waals surface area contributed by atoms with Gasteiger partial charge < -0.3 is 10.6 Å². The maximum absolute atomic E-state index is 12.6. The number of guanidine groups is 1. The van der Waals surface area contributed by atoms with Crippen LogP contribution in [0.3, 0.4) is 0 Å². The third-order valence-corrected chi connectivity index (χ3v) is 6.11. The van der Waals surface area contributed by atoms with Gasteiger partial charge in [-0.05, 0) is 42.9 Å². The Labute approximate surface area is 181 Å². The molecule has 0 atom stereocenters. The lowest BCUT2D eigenvalue weighted by molar-refractivity contribution is 0.586. The first-order chi connectivity index (χ1) is 12.2. The van der Waals surface area contributed by atoms with Crippen LogP contribution in [0.25, 0.3) is 0 Å². The lowest BCUT2D eigenvalue weighted by atomic mass is 9.87. The van der Waals surface area contributed by atoms with Crippen LogP contribution in [0.4, 0.5) is 0 Å². The highest BCUT2D eigenvalue weighted by Gasteiger charge is 2.18. The molecule has 2 rings (SSSR count). The molecule has 5 nitrogen and oxygen atoms in total. The van der Waals surface area contributed by atoms with Crippen LogP contribution in [0.5, 0.6) is 0 Å². The summed E-state index contributed by atoms with van der Waals surface area (Å²) in [5.74, 6) is 0.681. The molecular weight excluding hydrogens is 473 g/mol. The summed E-state index contributed by atoms with van der Waals surface area (Å²) in [7, 11) is -3.34. The lowest BCUT2D eigenvalue weighted by Gasteiger charge is -2.19. The molecule has 2 N–H and O–H groups in total. The van der Waals surface area contributed by atoms with Gasteiger partial charge in [0.2, 0.25) is 0 Å². The second-order valence-corrected chi connectivity index (χ2v) is 9.75. The van der Waals surface area contributed by atoms with E-state index in [0.29, 0.717) is 16.9 Å². The topological polar surface area (TPSA) is 70.6 Å². The minimum absolute atomic E-state index is 0. The number of nitrogens with one attached hydrogen (secondary N) is 2. The molecule has 1 aliphatic rings. The quantitative estimate of drug-likeness (QED) is 0.268. The summed E-state index contributed by atoms with van der Waals surface area (Å²) in [4.78, 5) is 4.79. The number of aliphatic imine (C=N–C) groups is 1. The van der Waals surface area contributed by atoms with E-state index in [4.69, 9.17) is 0 Å². The Morgan fingerprint density at radius 3 is 2.26 bits per heavy atom. The molecule has 0 bridgehead atoms. The zero-order valence-electron chi connectivity index (χ0n) is 16.7. The van der Waals surface area contributed by atoms with E-state index >= 15 is 0 Å². The van der Waals surface area contributed by atoms with Crippen molar-refractivity contribution in [1.29, 1.82) is 0 Å².